The highest BCUT2D eigenvalue weighted by atomic mass is 16.2. The van der Waals surface area contributed by atoms with Crippen molar-refractivity contribution in [2.24, 2.45) is 4.99 Å². The Bertz CT molecular complexity index is 871. The van der Waals surface area contributed by atoms with Gasteiger partial charge >= 0.3 is 0 Å². The number of benzene rings is 1. The van der Waals surface area contributed by atoms with Crippen LogP contribution in [-0.4, -0.2) is 58.7 Å². The van der Waals surface area contributed by atoms with Crippen molar-refractivity contribution in [3.8, 4) is 0 Å². The van der Waals surface area contributed by atoms with Crippen LogP contribution in [0.5, 0.6) is 0 Å². The zero-order valence-corrected chi connectivity index (χ0v) is 19.0. The van der Waals surface area contributed by atoms with Crippen LogP contribution in [0.15, 0.2) is 29.3 Å². The molecule has 168 valence electrons. The van der Waals surface area contributed by atoms with Crippen LogP contribution < -0.4 is 10.6 Å². The number of guanidine groups is 1. The Kier molecular flexibility index (Phi) is 8.44. The van der Waals surface area contributed by atoms with E-state index in [0.29, 0.717) is 12.1 Å². The molecule has 0 saturated carbocycles. The van der Waals surface area contributed by atoms with Gasteiger partial charge in [0.2, 0.25) is 0 Å². The number of nitrogens with one attached hydrogen (secondary N) is 2. The van der Waals surface area contributed by atoms with Gasteiger partial charge in [-0.05, 0) is 43.9 Å². The number of amides is 1. The highest BCUT2D eigenvalue weighted by Crippen LogP contribution is 2.15. The number of aromatic nitrogens is 3. The molecule has 0 spiro atoms. The van der Waals surface area contributed by atoms with Crippen molar-refractivity contribution in [3.05, 3.63) is 47.0 Å². The summed E-state index contributed by atoms with van der Waals surface area (Å²) in [5.41, 5.74) is 1.76. The highest BCUT2D eigenvalue weighted by molar-refractivity contribution is 5.93. The van der Waals surface area contributed by atoms with Crippen LogP contribution >= 0.6 is 0 Å². The summed E-state index contributed by atoms with van der Waals surface area (Å²) in [6.45, 7) is 5.30. The Morgan fingerprint density at radius 3 is 2.68 bits per heavy atom. The topological polar surface area (TPSA) is 87.4 Å². The predicted octanol–water partition coefficient (Wildman–Crippen LogP) is 2.39. The number of hydrogen-bond acceptors (Lipinski definition) is 4. The number of aliphatic imine (C=N–C) groups is 1. The summed E-state index contributed by atoms with van der Waals surface area (Å²) in [4.78, 5) is 18.3. The van der Waals surface area contributed by atoms with Gasteiger partial charge in [0.1, 0.15) is 11.6 Å². The molecule has 0 atom stereocenters. The Labute approximate surface area is 185 Å². The van der Waals surface area contributed by atoms with Crippen LogP contribution in [0.2, 0.25) is 0 Å². The Hall–Kier alpha value is -2.90. The van der Waals surface area contributed by atoms with Crippen LogP contribution in [0.3, 0.4) is 0 Å². The van der Waals surface area contributed by atoms with Gasteiger partial charge in [0, 0.05) is 52.1 Å². The minimum absolute atomic E-state index is 0.00891. The van der Waals surface area contributed by atoms with E-state index in [9.17, 15) is 4.79 Å². The first-order chi connectivity index (χ1) is 15.1. The summed E-state index contributed by atoms with van der Waals surface area (Å²) in [7, 11) is 3.52. The fraction of sp³-hybridized carbons (Fsp3) is 0.565. The second-order valence-electron chi connectivity index (χ2n) is 8.12. The van der Waals surface area contributed by atoms with E-state index in [2.05, 4.69) is 37.3 Å². The van der Waals surface area contributed by atoms with Gasteiger partial charge in [-0.1, -0.05) is 18.6 Å². The van der Waals surface area contributed by atoms with Crippen molar-refractivity contribution < 1.29 is 4.79 Å². The lowest BCUT2D eigenvalue weighted by Crippen LogP contribution is -2.37. The zero-order chi connectivity index (χ0) is 22.1. The average molecular weight is 426 g/mol. The quantitative estimate of drug-likeness (QED) is 0.385. The number of nitrogens with zero attached hydrogens (tertiary/aromatic N) is 5. The number of carbonyl (C=O) groups excluding carboxylic acids is 1. The van der Waals surface area contributed by atoms with Crippen molar-refractivity contribution >= 4 is 11.9 Å². The summed E-state index contributed by atoms with van der Waals surface area (Å²) in [6.07, 6.45) is 6.66. The molecule has 3 rings (SSSR count). The maximum atomic E-state index is 12.0. The van der Waals surface area contributed by atoms with E-state index in [1.165, 1.54) is 19.3 Å². The van der Waals surface area contributed by atoms with Crippen LogP contribution in [-0.2, 0) is 25.9 Å². The maximum absolute atomic E-state index is 12.0. The Morgan fingerprint density at radius 1 is 1.13 bits per heavy atom. The van der Waals surface area contributed by atoms with E-state index in [1.54, 1.807) is 19.0 Å². The molecule has 0 unspecified atom stereocenters. The number of aryl methyl sites for hydroxylation is 2. The van der Waals surface area contributed by atoms with E-state index < -0.39 is 0 Å². The third-order valence-corrected chi connectivity index (χ3v) is 5.43. The number of fused-ring (bicyclic) bond motifs is 1. The van der Waals surface area contributed by atoms with E-state index in [0.717, 1.165) is 62.1 Å². The van der Waals surface area contributed by atoms with Gasteiger partial charge in [-0.15, -0.1) is 10.2 Å². The van der Waals surface area contributed by atoms with Crippen LogP contribution in [0.4, 0.5) is 0 Å². The molecule has 1 aliphatic rings. The fourth-order valence-corrected chi connectivity index (χ4v) is 3.71. The zero-order valence-electron chi connectivity index (χ0n) is 19.0. The van der Waals surface area contributed by atoms with Crippen molar-refractivity contribution in [3.63, 3.8) is 0 Å². The second kappa shape index (κ2) is 11.5. The molecular weight excluding hydrogens is 390 g/mol. The molecule has 8 heteroatoms. The third kappa shape index (κ3) is 6.54. The van der Waals surface area contributed by atoms with E-state index >= 15 is 0 Å². The predicted molar refractivity (Wildman–Crippen MR) is 123 cm³/mol. The van der Waals surface area contributed by atoms with Gasteiger partial charge in [0.05, 0.1) is 6.54 Å². The maximum Gasteiger partial charge on any atom is 0.253 e. The fourth-order valence-electron chi connectivity index (χ4n) is 3.71. The molecule has 0 bridgehead atoms. The summed E-state index contributed by atoms with van der Waals surface area (Å²) >= 11 is 0. The molecule has 0 radical (unpaired) electrons. The van der Waals surface area contributed by atoms with E-state index in [4.69, 9.17) is 0 Å². The van der Waals surface area contributed by atoms with Crippen molar-refractivity contribution in [1.29, 1.82) is 0 Å². The molecular formula is C23H35N7O. The lowest BCUT2D eigenvalue weighted by Gasteiger charge is -2.12. The van der Waals surface area contributed by atoms with Crippen LogP contribution in [0.1, 0.15) is 60.2 Å². The van der Waals surface area contributed by atoms with Crippen LogP contribution in [0, 0.1) is 0 Å². The molecule has 0 aliphatic carbocycles. The summed E-state index contributed by atoms with van der Waals surface area (Å²) < 4.78 is 2.32. The lowest BCUT2D eigenvalue weighted by molar-refractivity contribution is 0.0827. The molecule has 0 saturated heterocycles. The second-order valence-corrected chi connectivity index (χ2v) is 8.12. The highest BCUT2D eigenvalue weighted by Gasteiger charge is 2.14. The molecule has 1 aliphatic heterocycles. The molecule has 1 aromatic carbocycles. The number of rotatable bonds is 8. The smallest absolute Gasteiger partial charge is 0.253 e. The van der Waals surface area contributed by atoms with Crippen molar-refractivity contribution in [2.45, 2.75) is 58.5 Å². The van der Waals surface area contributed by atoms with Gasteiger partial charge in [-0.3, -0.25) is 4.79 Å². The molecule has 2 aromatic rings. The Morgan fingerprint density at radius 2 is 1.94 bits per heavy atom. The minimum atomic E-state index is 0.00891. The first kappa shape index (κ1) is 22.8. The van der Waals surface area contributed by atoms with Gasteiger partial charge in [0.25, 0.3) is 5.91 Å². The lowest BCUT2D eigenvalue weighted by atomic mass is 10.1. The minimum Gasteiger partial charge on any atom is -0.357 e. The first-order valence-corrected chi connectivity index (χ1v) is 11.3. The van der Waals surface area contributed by atoms with Crippen molar-refractivity contribution in [1.82, 2.24) is 30.3 Å². The summed E-state index contributed by atoms with van der Waals surface area (Å²) in [6, 6.07) is 7.63. The summed E-state index contributed by atoms with van der Waals surface area (Å²) in [5, 5.41) is 15.5. The molecule has 0 fully saturated rings. The third-order valence-electron chi connectivity index (χ3n) is 5.43. The van der Waals surface area contributed by atoms with Crippen molar-refractivity contribution in [2.75, 3.05) is 27.2 Å². The molecule has 8 nitrogen and oxygen atoms in total. The molecule has 2 heterocycles. The van der Waals surface area contributed by atoms with Gasteiger partial charge in [-0.2, -0.15) is 0 Å². The average Bonchev–Trinajstić information content (AvgIpc) is 3.00. The van der Waals surface area contributed by atoms with Gasteiger partial charge in [0.15, 0.2) is 5.96 Å². The SMILES string of the molecule is CCNC(=NCc1ccc(C(=O)N(C)C)cc1)NCCCc1nnc2n1CCCCC2. The molecule has 1 amide bonds. The molecule has 2 N–H and O–H groups in total. The first-order valence-electron chi connectivity index (χ1n) is 11.3. The Balaban J connectivity index is 1.49. The van der Waals surface area contributed by atoms with Gasteiger partial charge in [-0.25, -0.2) is 4.99 Å². The monoisotopic (exact) mass is 425 g/mol. The standard InChI is InChI=1S/C23H35N7O/c1-4-24-23(26-17-18-11-13-19(14-12-18)22(31)29(2)3)25-15-8-10-21-28-27-20-9-6-5-7-16-30(20)21/h11-14H,4-10,15-17H2,1-3H3,(H2,24,25,26). The van der Waals surface area contributed by atoms with Gasteiger partial charge < -0.3 is 20.1 Å². The normalized spacial score (nSPS) is 14.0. The largest absolute Gasteiger partial charge is 0.357 e. The van der Waals surface area contributed by atoms with Crippen LogP contribution in [0.25, 0.3) is 0 Å². The number of carbonyl (C=O) groups is 1. The number of hydrogen-bond donors (Lipinski definition) is 2. The molecule has 31 heavy (non-hydrogen) atoms. The van der Waals surface area contributed by atoms with E-state index in [1.807, 2.05) is 24.3 Å². The molecule has 1 aromatic heterocycles. The summed E-state index contributed by atoms with van der Waals surface area (Å²) in [5.74, 6) is 3.06. The van der Waals surface area contributed by atoms with E-state index in [-0.39, 0.29) is 5.91 Å².